The van der Waals surface area contributed by atoms with E-state index in [0.717, 1.165) is 12.8 Å². The SMILES string of the molecule is CCCCC(N)Cc1nc(C(C)(C)C)cs1. The molecule has 0 aliphatic rings. The summed E-state index contributed by atoms with van der Waals surface area (Å²) in [6, 6.07) is 0.277. The number of rotatable bonds is 5. The second-order valence-corrected chi connectivity index (χ2v) is 6.43. The summed E-state index contributed by atoms with van der Waals surface area (Å²) in [5.41, 5.74) is 7.42. The average Bonchev–Trinajstić information content (AvgIpc) is 2.62. The number of nitrogens with zero attached hydrogens (tertiary/aromatic N) is 1. The van der Waals surface area contributed by atoms with E-state index in [1.54, 1.807) is 11.3 Å². The fourth-order valence-electron chi connectivity index (χ4n) is 1.54. The van der Waals surface area contributed by atoms with Crippen molar-refractivity contribution in [3.63, 3.8) is 0 Å². The summed E-state index contributed by atoms with van der Waals surface area (Å²) in [5.74, 6) is 0. The van der Waals surface area contributed by atoms with Crippen molar-refractivity contribution in [1.82, 2.24) is 4.98 Å². The number of thiazole rings is 1. The summed E-state index contributed by atoms with van der Waals surface area (Å²) in [5, 5.41) is 3.36. The zero-order valence-electron chi connectivity index (χ0n) is 10.9. The van der Waals surface area contributed by atoms with Crippen molar-refractivity contribution in [2.24, 2.45) is 5.73 Å². The summed E-state index contributed by atoms with van der Waals surface area (Å²) in [6.07, 6.45) is 4.49. The summed E-state index contributed by atoms with van der Waals surface area (Å²) in [6.45, 7) is 8.79. The van der Waals surface area contributed by atoms with Crippen LogP contribution in [0.4, 0.5) is 0 Å². The van der Waals surface area contributed by atoms with Crippen LogP contribution >= 0.6 is 11.3 Å². The monoisotopic (exact) mass is 240 g/mol. The molecular weight excluding hydrogens is 216 g/mol. The van der Waals surface area contributed by atoms with Gasteiger partial charge in [-0.15, -0.1) is 11.3 Å². The second-order valence-electron chi connectivity index (χ2n) is 5.48. The highest BCUT2D eigenvalue weighted by Crippen LogP contribution is 2.24. The molecule has 0 radical (unpaired) electrons. The van der Waals surface area contributed by atoms with Crippen LogP contribution in [0.3, 0.4) is 0 Å². The van der Waals surface area contributed by atoms with Gasteiger partial charge in [0.2, 0.25) is 0 Å². The third-order valence-electron chi connectivity index (χ3n) is 2.69. The highest BCUT2D eigenvalue weighted by atomic mass is 32.1. The van der Waals surface area contributed by atoms with Crippen LogP contribution in [0.15, 0.2) is 5.38 Å². The van der Waals surface area contributed by atoms with Crippen molar-refractivity contribution in [2.75, 3.05) is 0 Å². The molecule has 0 aliphatic carbocycles. The molecule has 16 heavy (non-hydrogen) atoms. The lowest BCUT2D eigenvalue weighted by Crippen LogP contribution is -2.22. The Morgan fingerprint density at radius 1 is 1.44 bits per heavy atom. The Kier molecular flexibility index (Phi) is 4.93. The standard InChI is InChI=1S/C13H24N2S/c1-5-6-7-10(14)8-12-15-11(9-16-12)13(2,3)4/h9-10H,5-8,14H2,1-4H3. The van der Waals surface area contributed by atoms with Gasteiger partial charge in [0.15, 0.2) is 0 Å². The van der Waals surface area contributed by atoms with Gasteiger partial charge in [-0.25, -0.2) is 4.98 Å². The maximum atomic E-state index is 6.08. The third-order valence-corrected chi connectivity index (χ3v) is 3.56. The zero-order chi connectivity index (χ0) is 12.2. The van der Waals surface area contributed by atoms with Crippen molar-refractivity contribution in [1.29, 1.82) is 0 Å². The van der Waals surface area contributed by atoms with Crippen LogP contribution in [0, 0.1) is 0 Å². The van der Waals surface area contributed by atoms with Gasteiger partial charge in [-0.3, -0.25) is 0 Å². The predicted octanol–water partition coefficient (Wildman–Crippen LogP) is 3.50. The first-order valence-corrected chi connectivity index (χ1v) is 7.02. The Labute approximate surface area is 103 Å². The molecule has 1 atom stereocenters. The van der Waals surface area contributed by atoms with Gasteiger partial charge in [-0.2, -0.15) is 0 Å². The van der Waals surface area contributed by atoms with Crippen LogP contribution < -0.4 is 5.73 Å². The molecule has 1 unspecified atom stereocenters. The Balaban J connectivity index is 2.52. The van der Waals surface area contributed by atoms with E-state index in [1.807, 2.05) is 0 Å². The molecule has 2 N–H and O–H groups in total. The van der Waals surface area contributed by atoms with Crippen LogP contribution in [0.2, 0.25) is 0 Å². The van der Waals surface area contributed by atoms with Gasteiger partial charge in [-0.05, 0) is 6.42 Å². The Morgan fingerprint density at radius 3 is 2.62 bits per heavy atom. The lowest BCUT2D eigenvalue weighted by molar-refractivity contribution is 0.556. The quantitative estimate of drug-likeness (QED) is 0.855. The molecule has 0 saturated carbocycles. The van der Waals surface area contributed by atoms with Gasteiger partial charge in [0, 0.05) is 23.3 Å². The lowest BCUT2D eigenvalue weighted by atomic mass is 9.93. The number of hydrogen-bond acceptors (Lipinski definition) is 3. The largest absolute Gasteiger partial charge is 0.327 e. The van der Waals surface area contributed by atoms with Crippen molar-refractivity contribution in [2.45, 2.75) is 64.8 Å². The predicted molar refractivity (Wildman–Crippen MR) is 72.0 cm³/mol. The first-order chi connectivity index (χ1) is 7.43. The molecule has 0 aromatic carbocycles. The number of aromatic nitrogens is 1. The van der Waals surface area contributed by atoms with Crippen LogP contribution in [0.25, 0.3) is 0 Å². The van der Waals surface area contributed by atoms with Gasteiger partial charge in [-0.1, -0.05) is 40.5 Å². The van der Waals surface area contributed by atoms with Crippen LogP contribution in [0.1, 0.15) is 57.7 Å². The van der Waals surface area contributed by atoms with Crippen molar-refractivity contribution >= 4 is 11.3 Å². The van der Waals surface area contributed by atoms with E-state index < -0.39 is 0 Å². The summed E-state index contributed by atoms with van der Waals surface area (Å²) >= 11 is 1.75. The topological polar surface area (TPSA) is 38.9 Å². The van der Waals surface area contributed by atoms with Gasteiger partial charge >= 0.3 is 0 Å². The molecule has 0 spiro atoms. The second kappa shape index (κ2) is 5.78. The molecule has 1 rings (SSSR count). The number of unbranched alkanes of at least 4 members (excludes halogenated alkanes) is 1. The van der Waals surface area contributed by atoms with E-state index in [9.17, 15) is 0 Å². The maximum Gasteiger partial charge on any atom is 0.0943 e. The van der Waals surface area contributed by atoms with E-state index in [0.29, 0.717) is 0 Å². The fourth-order valence-corrected chi connectivity index (χ4v) is 2.66. The normalized spacial score (nSPS) is 14.1. The molecule has 0 bridgehead atoms. The van der Waals surface area contributed by atoms with Gasteiger partial charge in [0.1, 0.15) is 0 Å². The smallest absolute Gasteiger partial charge is 0.0943 e. The minimum atomic E-state index is 0.155. The molecule has 1 heterocycles. The molecule has 2 nitrogen and oxygen atoms in total. The van der Waals surface area contributed by atoms with Crippen LogP contribution in [-0.4, -0.2) is 11.0 Å². The maximum absolute atomic E-state index is 6.08. The first-order valence-electron chi connectivity index (χ1n) is 6.14. The average molecular weight is 240 g/mol. The highest BCUT2D eigenvalue weighted by Gasteiger charge is 2.18. The van der Waals surface area contributed by atoms with E-state index in [2.05, 4.69) is 38.1 Å². The third kappa shape index (κ3) is 4.22. The molecule has 1 aromatic heterocycles. The zero-order valence-corrected chi connectivity index (χ0v) is 11.7. The van der Waals surface area contributed by atoms with E-state index >= 15 is 0 Å². The molecule has 92 valence electrons. The molecule has 0 saturated heterocycles. The molecule has 0 aliphatic heterocycles. The summed E-state index contributed by atoms with van der Waals surface area (Å²) < 4.78 is 0. The first kappa shape index (κ1) is 13.7. The van der Waals surface area contributed by atoms with Gasteiger partial charge in [0.25, 0.3) is 0 Å². The molecule has 1 aromatic rings. The molecule has 0 amide bonds. The molecule has 3 heteroatoms. The summed E-state index contributed by atoms with van der Waals surface area (Å²) in [7, 11) is 0. The van der Waals surface area contributed by atoms with E-state index in [4.69, 9.17) is 5.73 Å². The summed E-state index contributed by atoms with van der Waals surface area (Å²) in [4.78, 5) is 4.67. The molecular formula is C13H24N2S. The van der Waals surface area contributed by atoms with Crippen LogP contribution in [-0.2, 0) is 11.8 Å². The lowest BCUT2D eigenvalue weighted by Gasteiger charge is -2.14. The van der Waals surface area contributed by atoms with E-state index in [-0.39, 0.29) is 11.5 Å². The molecule has 0 fully saturated rings. The number of nitrogens with two attached hydrogens (primary N) is 1. The Morgan fingerprint density at radius 2 is 2.12 bits per heavy atom. The Hall–Kier alpha value is -0.410. The minimum Gasteiger partial charge on any atom is -0.327 e. The highest BCUT2D eigenvalue weighted by molar-refractivity contribution is 7.09. The van der Waals surface area contributed by atoms with Crippen molar-refractivity contribution < 1.29 is 0 Å². The van der Waals surface area contributed by atoms with Crippen molar-refractivity contribution in [3.05, 3.63) is 16.1 Å². The number of hydrogen-bond donors (Lipinski definition) is 1. The minimum absolute atomic E-state index is 0.155. The van der Waals surface area contributed by atoms with Crippen molar-refractivity contribution in [3.8, 4) is 0 Å². The van der Waals surface area contributed by atoms with Crippen LogP contribution in [0.5, 0.6) is 0 Å². The van der Waals surface area contributed by atoms with Gasteiger partial charge < -0.3 is 5.73 Å². The Bertz CT molecular complexity index is 312. The van der Waals surface area contributed by atoms with E-state index in [1.165, 1.54) is 23.5 Å². The van der Waals surface area contributed by atoms with Gasteiger partial charge in [0.05, 0.1) is 10.7 Å². The fraction of sp³-hybridized carbons (Fsp3) is 0.769.